The number of methoxy groups -OCH3 is 2. The van der Waals surface area contributed by atoms with Crippen LogP contribution in [0.2, 0.25) is 0 Å². The van der Waals surface area contributed by atoms with Crippen molar-refractivity contribution in [3.8, 4) is 0 Å². The molecule has 2 amide bonds. The second-order valence-electron chi connectivity index (χ2n) is 7.62. The van der Waals surface area contributed by atoms with Crippen LogP contribution in [0.3, 0.4) is 0 Å². The monoisotopic (exact) mass is 494 g/mol. The Morgan fingerprint density at radius 3 is 2.23 bits per heavy atom. The Bertz CT molecular complexity index is 1220. The van der Waals surface area contributed by atoms with Crippen LogP contribution >= 0.6 is 11.8 Å². The highest BCUT2D eigenvalue weighted by Crippen LogP contribution is 2.39. The Balaban J connectivity index is 1.51. The van der Waals surface area contributed by atoms with Gasteiger partial charge in [-0.3, -0.25) is 9.59 Å². The van der Waals surface area contributed by atoms with Gasteiger partial charge in [-0.25, -0.2) is 9.59 Å². The summed E-state index contributed by atoms with van der Waals surface area (Å²) in [7, 11) is 2.44. The Morgan fingerprint density at radius 1 is 1.00 bits per heavy atom. The van der Waals surface area contributed by atoms with E-state index in [9.17, 15) is 19.2 Å². The zero-order chi connectivity index (χ0) is 24.9. The first-order chi connectivity index (χ1) is 16.9. The molecule has 1 fully saturated rings. The maximum absolute atomic E-state index is 12.9. The first-order valence-electron chi connectivity index (χ1n) is 10.6. The Kier molecular flexibility index (Phi) is 7.21. The lowest BCUT2D eigenvalue weighted by molar-refractivity contribution is -0.128. The quantitative estimate of drug-likeness (QED) is 0.492. The predicted octanol–water partition coefficient (Wildman–Crippen LogP) is 3.88. The summed E-state index contributed by atoms with van der Waals surface area (Å²) in [6, 6.07) is 14.7. The molecule has 10 heteroatoms. The second kappa shape index (κ2) is 10.5. The van der Waals surface area contributed by atoms with Crippen LogP contribution in [0, 0.1) is 0 Å². The van der Waals surface area contributed by atoms with Crippen LogP contribution in [0.25, 0.3) is 0 Å². The first kappa shape index (κ1) is 24.1. The van der Waals surface area contributed by atoms with E-state index >= 15 is 0 Å². The van der Waals surface area contributed by atoms with E-state index in [2.05, 4.69) is 5.32 Å². The van der Waals surface area contributed by atoms with Crippen LogP contribution in [-0.4, -0.2) is 48.6 Å². The molecule has 2 heterocycles. The van der Waals surface area contributed by atoms with E-state index in [1.165, 1.54) is 44.2 Å². The van der Waals surface area contributed by atoms with Gasteiger partial charge in [0.2, 0.25) is 5.91 Å². The number of anilines is 1. The molecule has 4 rings (SSSR count). The summed E-state index contributed by atoms with van der Waals surface area (Å²) in [5, 5.41) is 2.50. The topological polar surface area (TPSA) is 115 Å². The highest BCUT2D eigenvalue weighted by molar-refractivity contribution is 8.00. The van der Waals surface area contributed by atoms with Crippen LogP contribution in [0.1, 0.15) is 47.8 Å². The van der Waals surface area contributed by atoms with Crippen molar-refractivity contribution in [2.24, 2.45) is 0 Å². The molecule has 1 aromatic heterocycles. The van der Waals surface area contributed by atoms with E-state index in [4.69, 9.17) is 13.9 Å². The number of nitrogens with zero attached hydrogens (tertiary/aromatic N) is 1. The van der Waals surface area contributed by atoms with Crippen molar-refractivity contribution < 1.29 is 33.1 Å². The molecule has 0 aliphatic carbocycles. The number of rotatable bonds is 7. The Labute approximate surface area is 205 Å². The van der Waals surface area contributed by atoms with Crippen molar-refractivity contribution in [1.82, 2.24) is 4.90 Å². The van der Waals surface area contributed by atoms with Gasteiger partial charge in [-0.2, -0.15) is 0 Å². The average molecular weight is 495 g/mol. The van der Waals surface area contributed by atoms with Crippen molar-refractivity contribution in [2.45, 2.75) is 11.9 Å². The number of furan rings is 1. The molecule has 1 aliphatic rings. The van der Waals surface area contributed by atoms with Gasteiger partial charge < -0.3 is 24.1 Å². The summed E-state index contributed by atoms with van der Waals surface area (Å²) >= 11 is 1.51. The Morgan fingerprint density at radius 2 is 1.66 bits per heavy atom. The number of thioether (sulfide) groups is 1. The average Bonchev–Trinajstić information content (AvgIpc) is 3.53. The third-order valence-corrected chi connectivity index (χ3v) is 6.62. The number of hydrogen-bond acceptors (Lipinski definition) is 8. The Hall–Kier alpha value is -4.05. The molecule has 3 aromatic rings. The largest absolute Gasteiger partial charge is 0.467 e. The molecule has 0 unspecified atom stereocenters. The van der Waals surface area contributed by atoms with Gasteiger partial charge in [-0.05, 0) is 48.0 Å². The summed E-state index contributed by atoms with van der Waals surface area (Å²) in [4.78, 5) is 50.9. The van der Waals surface area contributed by atoms with Crippen molar-refractivity contribution in [2.75, 3.05) is 25.3 Å². The number of amides is 2. The van der Waals surface area contributed by atoms with Crippen molar-refractivity contribution in [3.63, 3.8) is 0 Å². The van der Waals surface area contributed by atoms with Gasteiger partial charge in [-0.15, -0.1) is 11.8 Å². The molecule has 0 bridgehead atoms. The first-order valence-corrected chi connectivity index (χ1v) is 11.6. The highest BCUT2D eigenvalue weighted by atomic mass is 32.2. The molecule has 1 saturated heterocycles. The molecular formula is C25H22N2O7S. The lowest BCUT2D eigenvalue weighted by Gasteiger charge is -2.23. The zero-order valence-electron chi connectivity index (χ0n) is 19.0. The van der Waals surface area contributed by atoms with Gasteiger partial charge in [0.05, 0.1) is 43.9 Å². The van der Waals surface area contributed by atoms with Gasteiger partial charge in [-0.1, -0.05) is 12.1 Å². The third-order valence-electron chi connectivity index (χ3n) is 5.37. The minimum absolute atomic E-state index is 0.0186. The van der Waals surface area contributed by atoms with Gasteiger partial charge in [0, 0.05) is 11.3 Å². The lowest BCUT2D eigenvalue weighted by atomic mass is 10.1. The van der Waals surface area contributed by atoms with Crippen molar-refractivity contribution >= 4 is 41.2 Å². The maximum Gasteiger partial charge on any atom is 0.337 e. The normalized spacial score (nSPS) is 15.1. The van der Waals surface area contributed by atoms with Crippen molar-refractivity contribution in [1.29, 1.82) is 0 Å². The number of carbonyl (C=O) groups excluding carboxylic acids is 4. The van der Waals surface area contributed by atoms with Crippen LogP contribution in [0.5, 0.6) is 0 Å². The van der Waals surface area contributed by atoms with Crippen LogP contribution in [0.4, 0.5) is 5.69 Å². The smallest absolute Gasteiger partial charge is 0.337 e. The van der Waals surface area contributed by atoms with E-state index in [1.54, 1.807) is 41.5 Å². The standard InChI is InChI=1S/C25H22N2O7S/c1-32-24(30)17-10-18(25(31)33-2)12-19(11-17)26-22(29)15-5-7-16(8-6-15)23-27(21(28)14-35-23)13-20-4-3-9-34-20/h3-12,23H,13-14H2,1-2H3,(H,26,29)/t23-/m1/s1. The summed E-state index contributed by atoms with van der Waals surface area (Å²) in [6.07, 6.45) is 1.57. The van der Waals surface area contributed by atoms with Gasteiger partial charge in [0.25, 0.3) is 5.91 Å². The number of ether oxygens (including phenoxy) is 2. The van der Waals surface area contributed by atoms with Crippen LogP contribution in [-0.2, 0) is 20.8 Å². The summed E-state index contributed by atoms with van der Waals surface area (Å²) in [5.41, 5.74) is 1.68. The van der Waals surface area contributed by atoms with Gasteiger partial charge in [0.1, 0.15) is 11.1 Å². The van der Waals surface area contributed by atoms with Crippen LogP contribution in [0.15, 0.2) is 65.3 Å². The molecule has 35 heavy (non-hydrogen) atoms. The van der Waals surface area contributed by atoms with E-state index in [-0.39, 0.29) is 28.1 Å². The fourth-order valence-electron chi connectivity index (χ4n) is 3.65. The van der Waals surface area contributed by atoms with Gasteiger partial charge >= 0.3 is 11.9 Å². The molecule has 1 atom stereocenters. The highest BCUT2D eigenvalue weighted by Gasteiger charge is 2.33. The van der Waals surface area contributed by atoms with E-state index in [0.29, 0.717) is 23.6 Å². The third kappa shape index (κ3) is 5.38. The predicted molar refractivity (Wildman–Crippen MR) is 128 cm³/mol. The van der Waals surface area contributed by atoms with Crippen LogP contribution < -0.4 is 5.32 Å². The van der Waals surface area contributed by atoms with E-state index < -0.39 is 17.8 Å². The molecule has 0 spiro atoms. The summed E-state index contributed by atoms with van der Waals surface area (Å²) in [5.74, 6) is -0.659. The fourth-order valence-corrected chi connectivity index (χ4v) is 4.83. The molecule has 180 valence electrons. The molecule has 1 aliphatic heterocycles. The molecule has 2 aromatic carbocycles. The summed E-state index contributed by atoms with van der Waals surface area (Å²) < 4.78 is 14.8. The van der Waals surface area contributed by atoms with E-state index in [1.807, 2.05) is 6.07 Å². The molecule has 0 saturated carbocycles. The number of carbonyl (C=O) groups is 4. The molecule has 0 radical (unpaired) electrons. The van der Waals surface area contributed by atoms with E-state index in [0.717, 1.165) is 5.56 Å². The minimum atomic E-state index is -0.654. The lowest BCUT2D eigenvalue weighted by Crippen LogP contribution is -2.27. The second-order valence-corrected chi connectivity index (χ2v) is 8.69. The molecule has 9 nitrogen and oxygen atoms in total. The zero-order valence-corrected chi connectivity index (χ0v) is 19.8. The number of benzene rings is 2. The summed E-state index contributed by atoms with van der Waals surface area (Å²) in [6.45, 7) is 0.366. The number of nitrogens with one attached hydrogen (secondary N) is 1. The van der Waals surface area contributed by atoms with Crippen molar-refractivity contribution in [3.05, 3.63) is 88.9 Å². The number of esters is 2. The minimum Gasteiger partial charge on any atom is -0.467 e. The van der Waals surface area contributed by atoms with Gasteiger partial charge in [0.15, 0.2) is 0 Å². The molecular weight excluding hydrogens is 472 g/mol. The SMILES string of the molecule is COC(=O)c1cc(NC(=O)c2ccc([C@H]3SCC(=O)N3Cc3ccco3)cc2)cc(C(=O)OC)c1. The molecule has 1 N–H and O–H groups in total. The number of hydrogen-bond donors (Lipinski definition) is 1. The fraction of sp³-hybridized carbons (Fsp3) is 0.200. The maximum atomic E-state index is 12.9.